The molecule has 0 fully saturated rings. The van der Waals surface area contributed by atoms with Crippen molar-refractivity contribution in [2.24, 2.45) is 16.7 Å². The Balaban J connectivity index is 3.34. The van der Waals surface area contributed by atoms with Crippen LogP contribution in [0.4, 0.5) is 0 Å². The summed E-state index contributed by atoms with van der Waals surface area (Å²) in [6.45, 7) is 12.1. The van der Waals surface area contributed by atoms with E-state index >= 15 is 0 Å². The van der Waals surface area contributed by atoms with Crippen LogP contribution in [0.25, 0.3) is 0 Å². The summed E-state index contributed by atoms with van der Waals surface area (Å²) in [7, 11) is 0. The van der Waals surface area contributed by atoms with Gasteiger partial charge in [0.1, 0.15) is 0 Å². The Bertz CT molecular complexity index is 415. The zero-order valence-electron chi connectivity index (χ0n) is 12.1. The maximum atomic E-state index is 10.9. The first kappa shape index (κ1) is 14.8. The van der Waals surface area contributed by atoms with Gasteiger partial charge >= 0.3 is 0 Å². The van der Waals surface area contributed by atoms with Crippen LogP contribution in [0.15, 0.2) is 23.8 Å². The first-order valence-electron chi connectivity index (χ1n) is 6.22. The lowest BCUT2D eigenvalue weighted by molar-refractivity contribution is -0.186. The summed E-state index contributed by atoms with van der Waals surface area (Å²) in [5.74, 6) is -1.82. The van der Waals surface area contributed by atoms with Crippen molar-refractivity contribution < 1.29 is 9.84 Å². The highest BCUT2D eigenvalue weighted by Gasteiger charge is 2.51. The Morgan fingerprint density at radius 1 is 1.28 bits per heavy atom. The maximum absolute atomic E-state index is 10.9. The van der Waals surface area contributed by atoms with Gasteiger partial charge in [0.2, 0.25) is 0 Å². The van der Waals surface area contributed by atoms with Crippen molar-refractivity contribution in [2.75, 3.05) is 0 Å². The Labute approximate surface area is 110 Å². The molecular formula is C15H23NO2. The summed E-state index contributed by atoms with van der Waals surface area (Å²) in [5.41, 5.74) is 0.270. The van der Waals surface area contributed by atoms with Gasteiger partial charge in [-0.1, -0.05) is 59.8 Å². The molecule has 0 saturated heterocycles. The normalized spacial score (nSPS) is 28.6. The van der Waals surface area contributed by atoms with Gasteiger partial charge in [0.25, 0.3) is 12.0 Å². The van der Waals surface area contributed by atoms with E-state index in [1.54, 1.807) is 6.26 Å². The number of nitrogens with zero attached hydrogens (tertiary/aromatic N) is 1. The van der Waals surface area contributed by atoms with Crippen LogP contribution in [0.3, 0.4) is 0 Å². The topological polar surface area (TPSA) is 53.2 Å². The van der Waals surface area contributed by atoms with Crippen LogP contribution in [0, 0.1) is 28.3 Å². The van der Waals surface area contributed by atoms with Gasteiger partial charge in [-0.05, 0) is 10.8 Å². The van der Waals surface area contributed by atoms with E-state index in [2.05, 4.69) is 0 Å². The Kier molecular flexibility index (Phi) is 3.65. The average Bonchev–Trinajstić information content (AvgIpc) is 2.13. The molecule has 3 heteroatoms. The number of hydrogen-bond acceptors (Lipinski definition) is 3. The lowest BCUT2D eigenvalue weighted by atomic mass is 9.66. The summed E-state index contributed by atoms with van der Waals surface area (Å²) < 4.78 is 5.09. The highest BCUT2D eigenvalue weighted by molar-refractivity contribution is 5.33. The number of rotatable bonds is 1. The largest absolute Gasteiger partial charge is 0.388 e. The summed E-state index contributed by atoms with van der Waals surface area (Å²) in [6.07, 6.45) is 7.35. The second kappa shape index (κ2) is 4.44. The zero-order chi connectivity index (χ0) is 14.2. The van der Waals surface area contributed by atoms with Crippen molar-refractivity contribution in [2.45, 2.75) is 47.3 Å². The molecule has 0 aromatic carbocycles. The van der Waals surface area contributed by atoms with E-state index < -0.39 is 5.79 Å². The second-order valence-corrected chi connectivity index (χ2v) is 6.95. The Hall–Kier alpha value is -1.27. The minimum atomic E-state index is -1.56. The van der Waals surface area contributed by atoms with E-state index in [9.17, 15) is 5.11 Å². The van der Waals surface area contributed by atoms with E-state index in [1.807, 2.05) is 59.8 Å². The van der Waals surface area contributed by atoms with E-state index in [0.717, 1.165) is 5.57 Å². The Morgan fingerprint density at radius 2 is 1.83 bits per heavy atom. The monoisotopic (exact) mass is 249 g/mol. The smallest absolute Gasteiger partial charge is 0.289 e. The van der Waals surface area contributed by atoms with Crippen LogP contribution >= 0.6 is 0 Å². The predicted molar refractivity (Wildman–Crippen MR) is 71.3 cm³/mol. The first-order chi connectivity index (χ1) is 8.03. The van der Waals surface area contributed by atoms with E-state index in [4.69, 9.17) is 10.00 Å². The molecule has 3 nitrogen and oxygen atoms in total. The number of aliphatic hydroxyl groups is 1. The molecule has 1 N–H and O–H groups in total. The van der Waals surface area contributed by atoms with E-state index in [-0.39, 0.29) is 16.7 Å². The highest BCUT2D eigenvalue weighted by atomic mass is 16.6. The molecule has 2 unspecified atom stereocenters. The Morgan fingerprint density at radius 3 is 2.22 bits per heavy atom. The van der Waals surface area contributed by atoms with Crippen molar-refractivity contribution in [3.05, 3.63) is 23.8 Å². The molecule has 0 amide bonds. The van der Waals surface area contributed by atoms with Crippen LogP contribution in [-0.2, 0) is 4.74 Å². The molecule has 2 atom stereocenters. The minimum absolute atomic E-state index is 0.202. The standard InChI is InChI=1S/C15H23NO2/c1-13(2,3)11-8-7-9-12(14(4,5)6)15(11,17)18-10-16/h7-9,11,17H,1-6H3. The van der Waals surface area contributed by atoms with Crippen molar-refractivity contribution in [1.29, 1.82) is 5.26 Å². The molecule has 18 heavy (non-hydrogen) atoms. The summed E-state index contributed by atoms with van der Waals surface area (Å²) >= 11 is 0. The molecule has 0 aromatic heterocycles. The van der Waals surface area contributed by atoms with Crippen LogP contribution in [0.2, 0.25) is 0 Å². The van der Waals surface area contributed by atoms with E-state index in [1.165, 1.54) is 0 Å². The van der Waals surface area contributed by atoms with Gasteiger partial charge in [-0.2, -0.15) is 5.26 Å². The molecule has 1 aliphatic carbocycles. The number of allylic oxidation sites excluding steroid dienone is 2. The molecule has 0 heterocycles. The second-order valence-electron chi connectivity index (χ2n) is 6.95. The van der Waals surface area contributed by atoms with Crippen LogP contribution in [0.1, 0.15) is 41.5 Å². The SMILES string of the molecule is CC(C)(C)C1=CC=CC(C(C)(C)C)C1(O)OC#N. The predicted octanol–water partition coefficient (Wildman–Crippen LogP) is 3.38. The van der Waals surface area contributed by atoms with Crippen molar-refractivity contribution >= 4 is 0 Å². The quantitative estimate of drug-likeness (QED) is 0.572. The molecule has 0 aromatic rings. The van der Waals surface area contributed by atoms with Gasteiger partial charge in [-0.25, -0.2) is 0 Å². The lowest BCUT2D eigenvalue weighted by Crippen LogP contribution is -2.50. The van der Waals surface area contributed by atoms with Gasteiger partial charge < -0.3 is 9.84 Å². The molecule has 1 aliphatic rings. The molecule has 0 bridgehead atoms. The van der Waals surface area contributed by atoms with Crippen LogP contribution in [0.5, 0.6) is 0 Å². The molecule has 0 aliphatic heterocycles. The molecule has 0 radical (unpaired) electrons. The van der Waals surface area contributed by atoms with Gasteiger partial charge in [0.15, 0.2) is 0 Å². The zero-order valence-corrected chi connectivity index (χ0v) is 12.1. The molecule has 100 valence electrons. The molecule has 1 rings (SSSR count). The van der Waals surface area contributed by atoms with Gasteiger partial charge in [0, 0.05) is 5.57 Å². The van der Waals surface area contributed by atoms with Gasteiger partial charge in [-0.3, -0.25) is 0 Å². The fourth-order valence-corrected chi connectivity index (χ4v) is 2.53. The fraction of sp³-hybridized carbons (Fsp3) is 0.667. The van der Waals surface area contributed by atoms with Gasteiger partial charge in [-0.15, -0.1) is 0 Å². The van der Waals surface area contributed by atoms with E-state index in [0.29, 0.717) is 0 Å². The summed E-state index contributed by atoms with van der Waals surface area (Å²) in [5, 5.41) is 19.8. The lowest BCUT2D eigenvalue weighted by Gasteiger charge is -2.45. The highest BCUT2D eigenvalue weighted by Crippen LogP contribution is 2.47. The molecular weight excluding hydrogens is 226 g/mol. The summed E-state index contributed by atoms with van der Waals surface area (Å²) in [6, 6.07) is 0. The molecule has 0 saturated carbocycles. The summed E-state index contributed by atoms with van der Waals surface area (Å²) in [4.78, 5) is 0. The van der Waals surface area contributed by atoms with Crippen molar-refractivity contribution in [3.63, 3.8) is 0 Å². The number of hydrogen-bond donors (Lipinski definition) is 1. The third-order valence-corrected chi connectivity index (χ3v) is 3.32. The molecule has 0 spiro atoms. The minimum Gasteiger partial charge on any atom is -0.388 e. The first-order valence-corrected chi connectivity index (χ1v) is 6.22. The third kappa shape index (κ3) is 2.59. The fourth-order valence-electron chi connectivity index (χ4n) is 2.53. The van der Waals surface area contributed by atoms with Crippen molar-refractivity contribution in [3.8, 4) is 6.26 Å². The maximum Gasteiger partial charge on any atom is 0.289 e. The third-order valence-electron chi connectivity index (χ3n) is 3.32. The van der Waals surface area contributed by atoms with Crippen molar-refractivity contribution in [1.82, 2.24) is 0 Å². The van der Waals surface area contributed by atoms with Gasteiger partial charge in [0.05, 0.1) is 5.92 Å². The number of nitriles is 1. The average molecular weight is 249 g/mol. The van der Waals surface area contributed by atoms with Crippen LogP contribution < -0.4 is 0 Å². The number of ether oxygens (including phenoxy) is 1. The van der Waals surface area contributed by atoms with Crippen LogP contribution in [-0.4, -0.2) is 10.9 Å².